The molecular formula is C13H18ClN7. The summed E-state index contributed by atoms with van der Waals surface area (Å²) in [5.74, 6) is 1.73. The van der Waals surface area contributed by atoms with E-state index in [1.807, 2.05) is 0 Å². The highest BCUT2D eigenvalue weighted by molar-refractivity contribution is 6.28. The molecular weight excluding hydrogens is 290 g/mol. The monoisotopic (exact) mass is 307 g/mol. The van der Waals surface area contributed by atoms with Crippen LogP contribution in [-0.2, 0) is 0 Å². The predicted octanol–water partition coefficient (Wildman–Crippen LogP) is 2.49. The van der Waals surface area contributed by atoms with Gasteiger partial charge in [-0.15, -0.1) is 0 Å². The van der Waals surface area contributed by atoms with E-state index >= 15 is 0 Å². The van der Waals surface area contributed by atoms with Crippen molar-refractivity contribution in [1.82, 2.24) is 29.7 Å². The molecule has 0 bridgehead atoms. The summed E-state index contributed by atoms with van der Waals surface area (Å²) < 4.78 is 1.47. The van der Waals surface area contributed by atoms with E-state index in [9.17, 15) is 0 Å². The number of halogens is 1. The number of rotatable bonds is 4. The summed E-state index contributed by atoms with van der Waals surface area (Å²) in [6.07, 6.45) is 9.01. The van der Waals surface area contributed by atoms with Crippen molar-refractivity contribution >= 4 is 17.5 Å². The van der Waals surface area contributed by atoms with Crippen LogP contribution >= 0.6 is 11.6 Å². The van der Waals surface area contributed by atoms with Crippen LogP contribution in [0.25, 0.3) is 5.95 Å². The van der Waals surface area contributed by atoms with E-state index < -0.39 is 0 Å². The number of nitrogens with zero attached hydrogens (tertiary/aromatic N) is 6. The largest absolute Gasteiger partial charge is 0.351 e. The smallest absolute Gasteiger partial charge is 0.258 e. The van der Waals surface area contributed by atoms with Crippen LogP contribution in [0.2, 0.25) is 5.28 Å². The summed E-state index contributed by atoms with van der Waals surface area (Å²) in [4.78, 5) is 16.4. The molecule has 0 amide bonds. The Hall–Kier alpha value is -1.76. The highest BCUT2D eigenvalue weighted by Crippen LogP contribution is 2.28. The molecule has 1 aliphatic carbocycles. The van der Waals surface area contributed by atoms with Crippen molar-refractivity contribution in [3.8, 4) is 5.95 Å². The maximum Gasteiger partial charge on any atom is 0.258 e. The molecule has 2 aromatic rings. The van der Waals surface area contributed by atoms with Gasteiger partial charge in [-0.05, 0) is 43.2 Å². The van der Waals surface area contributed by atoms with Gasteiger partial charge in [-0.25, -0.2) is 4.98 Å². The molecule has 2 aromatic heterocycles. The van der Waals surface area contributed by atoms with Crippen LogP contribution in [0.5, 0.6) is 0 Å². The first-order chi connectivity index (χ1) is 10.2. The highest BCUT2D eigenvalue weighted by Gasteiger charge is 2.21. The van der Waals surface area contributed by atoms with Crippen LogP contribution in [0.3, 0.4) is 0 Å². The number of nitrogens with one attached hydrogen (secondary N) is 1. The molecule has 3 rings (SSSR count). The minimum absolute atomic E-state index is 0.153. The quantitative estimate of drug-likeness (QED) is 0.934. The average Bonchev–Trinajstić information content (AvgIpc) is 3.02. The number of hydrogen-bond donors (Lipinski definition) is 1. The number of aromatic nitrogens is 6. The van der Waals surface area contributed by atoms with Gasteiger partial charge >= 0.3 is 0 Å². The Balaban J connectivity index is 1.71. The lowest BCUT2D eigenvalue weighted by molar-refractivity contribution is 0.329. The van der Waals surface area contributed by atoms with Gasteiger partial charge in [0.25, 0.3) is 5.95 Å². The Morgan fingerprint density at radius 3 is 2.71 bits per heavy atom. The molecule has 0 aromatic carbocycles. The Morgan fingerprint density at radius 2 is 2.05 bits per heavy atom. The third kappa shape index (κ3) is 3.47. The summed E-state index contributed by atoms with van der Waals surface area (Å²) in [6.45, 7) is 2.26. The maximum atomic E-state index is 5.97. The molecule has 0 saturated heterocycles. The first-order valence-corrected chi connectivity index (χ1v) is 7.65. The molecule has 8 heteroatoms. The van der Waals surface area contributed by atoms with E-state index in [2.05, 4.69) is 37.3 Å². The van der Waals surface area contributed by atoms with Gasteiger partial charge in [0.05, 0.1) is 0 Å². The lowest BCUT2D eigenvalue weighted by Crippen LogP contribution is -2.27. The van der Waals surface area contributed by atoms with E-state index in [-0.39, 0.29) is 5.28 Å². The van der Waals surface area contributed by atoms with Gasteiger partial charge in [-0.3, -0.25) is 0 Å². The van der Waals surface area contributed by atoms with Crippen molar-refractivity contribution < 1.29 is 0 Å². The van der Waals surface area contributed by atoms with E-state index in [1.165, 1.54) is 36.6 Å². The lowest BCUT2D eigenvalue weighted by atomic mass is 9.85. The third-order valence-corrected chi connectivity index (χ3v) is 4.15. The second kappa shape index (κ2) is 6.34. The standard InChI is InChI=1S/C13H18ClN7/c1-2-9-3-5-10(6-4-9)17-12-18-11(14)19-13(20-12)21-8-15-7-16-21/h7-10H,2-6H2,1H3,(H,17,18,19,20). The molecule has 0 spiro atoms. The van der Waals surface area contributed by atoms with E-state index in [0.29, 0.717) is 17.9 Å². The molecule has 0 unspecified atom stereocenters. The van der Waals surface area contributed by atoms with Crippen LogP contribution < -0.4 is 5.32 Å². The van der Waals surface area contributed by atoms with Gasteiger partial charge in [0.2, 0.25) is 11.2 Å². The summed E-state index contributed by atoms with van der Waals surface area (Å²) in [6, 6.07) is 0.398. The number of anilines is 1. The molecule has 0 aliphatic heterocycles. The van der Waals surface area contributed by atoms with Gasteiger partial charge < -0.3 is 5.32 Å². The summed E-state index contributed by atoms with van der Waals surface area (Å²) in [5, 5.41) is 7.52. The Morgan fingerprint density at radius 1 is 1.24 bits per heavy atom. The predicted molar refractivity (Wildman–Crippen MR) is 79.4 cm³/mol. The van der Waals surface area contributed by atoms with E-state index in [0.717, 1.165) is 18.8 Å². The minimum Gasteiger partial charge on any atom is -0.351 e. The van der Waals surface area contributed by atoms with Crippen LogP contribution in [0, 0.1) is 5.92 Å². The van der Waals surface area contributed by atoms with Crippen LogP contribution in [0.4, 0.5) is 5.95 Å². The summed E-state index contributed by atoms with van der Waals surface area (Å²) in [7, 11) is 0. The Bertz CT molecular complexity index is 578. The topological polar surface area (TPSA) is 81.4 Å². The zero-order valence-corrected chi connectivity index (χ0v) is 12.7. The Labute approximate surface area is 128 Å². The van der Waals surface area contributed by atoms with Crippen LogP contribution in [-0.4, -0.2) is 35.8 Å². The summed E-state index contributed by atoms with van der Waals surface area (Å²) in [5.41, 5.74) is 0. The van der Waals surface area contributed by atoms with Gasteiger partial charge in [0, 0.05) is 6.04 Å². The fourth-order valence-electron chi connectivity index (χ4n) is 2.72. The molecule has 1 N–H and O–H groups in total. The van der Waals surface area contributed by atoms with Crippen molar-refractivity contribution in [3.05, 3.63) is 17.9 Å². The van der Waals surface area contributed by atoms with Gasteiger partial charge in [-0.1, -0.05) is 13.3 Å². The maximum absolute atomic E-state index is 5.97. The van der Waals surface area contributed by atoms with E-state index in [1.54, 1.807) is 0 Å². The third-order valence-electron chi connectivity index (χ3n) is 3.98. The molecule has 1 aliphatic rings. The zero-order chi connectivity index (χ0) is 14.7. The number of hydrogen-bond acceptors (Lipinski definition) is 6. The van der Waals surface area contributed by atoms with Crippen molar-refractivity contribution in [1.29, 1.82) is 0 Å². The average molecular weight is 308 g/mol. The molecule has 21 heavy (non-hydrogen) atoms. The van der Waals surface area contributed by atoms with Gasteiger partial charge in [0.1, 0.15) is 12.7 Å². The molecule has 112 valence electrons. The summed E-state index contributed by atoms with van der Waals surface area (Å²) >= 11 is 5.97. The Kier molecular flexibility index (Phi) is 4.28. The zero-order valence-electron chi connectivity index (χ0n) is 11.9. The highest BCUT2D eigenvalue weighted by atomic mass is 35.5. The van der Waals surface area contributed by atoms with Crippen molar-refractivity contribution in [3.63, 3.8) is 0 Å². The molecule has 2 heterocycles. The normalized spacial score (nSPS) is 22.2. The van der Waals surface area contributed by atoms with Gasteiger partial charge in [0.15, 0.2) is 0 Å². The molecule has 1 saturated carbocycles. The van der Waals surface area contributed by atoms with Crippen molar-refractivity contribution in [2.45, 2.75) is 45.1 Å². The first kappa shape index (κ1) is 14.2. The lowest BCUT2D eigenvalue weighted by Gasteiger charge is -2.28. The second-order valence-electron chi connectivity index (χ2n) is 5.34. The molecule has 1 fully saturated rings. The fraction of sp³-hybridized carbons (Fsp3) is 0.615. The minimum atomic E-state index is 0.153. The van der Waals surface area contributed by atoms with E-state index in [4.69, 9.17) is 11.6 Å². The molecule has 0 atom stereocenters. The molecule has 7 nitrogen and oxygen atoms in total. The second-order valence-corrected chi connectivity index (χ2v) is 5.68. The fourth-order valence-corrected chi connectivity index (χ4v) is 2.87. The van der Waals surface area contributed by atoms with Crippen LogP contribution in [0.1, 0.15) is 39.0 Å². The van der Waals surface area contributed by atoms with Gasteiger partial charge in [-0.2, -0.15) is 24.7 Å². The molecule has 0 radical (unpaired) electrons. The van der Waals surface area contributed by atoms with Crippen molar-refractivity contribution in [2.75, 3.05) is 5.32 Å². The van der Waals surface area contributed by atoms with Crippen LogP contribution in [0.15, 0.2) is 12.7 Å². The SMILES string of the molecule is CCC1CCC(Nc2nc(Cl)nc(-n3cncn3)n2)CC1. The first-order valence-electron chi connectivity index (χ1n) is 7.27. The van der Waals surface area contributed by atoms with Crippen molar-refractivity contribution in [2.24, 2.45) is 5.92 Å².